The molecule has 1 aromatic heterocycles. The maximum atomic E-state index is 13.9. The Morgan fingerprint density at radius 1 is 1.35 bits per heavy atom. The zero-order chi connectivity index (χ0) is 13.8. The monoisotopic (exact) mass is 275 g/mol. The van der Waals surface area contributed by atoms with Crippen molar-refractivity contribution in [3.8, 4) is 11.6 Å². The second kappa shape index (κ2) is 5.94. The van der Waals surface area contributed by atoms with Crippen molar-refractivity contribution < 1.29 is 13.9 Å². The molecule has 0 spiro atoms. The maximum absolute atomic E-state index is 13.9. The van der Waals surface area contributed by atoms with Gasteiger partial charge in [-0.15, -0.1) is 0 Å². The van der Waals surface area contributed by atoms with Gasteiger partial charge in [-0.2, -0.15) is 0 Å². The largest absolute Gasteiger partial charge is 0.439 e. The van der Waals surface area contributed by atoms with Crippen molar-refractivity contribution in [1.29, 1.82) is 0 Å². The van der Waals surface area contributed by atoms with E-state index < -0.39 is 0 Å². The van der Waals surface area contributed by atoms with Crippen LogP contribution in [0, 0.1) is 5.82 Å². The van der Waals surface area contributed by atoms with Crippen molar-refractivity contribution in [1.82, 2.24) is 15.3 Å². The molecule has 0 aliphatic carbocycles. The van der Waals surface area contributed by atoms with Crippen LogP contribution in [-0.4, -0.2) is 29.7 Å². The van der Waals surface area contributed by atoms with Crippen molar-refractivity contribution in [2.24, 2.45) is 0 Å². The lowest BCUT2D eigenvalue weighted by Crippen LogP contribution is -2.33. The van der Waals surface area contributed by atoms with Crippen molar-refractivity contribution in [3.63, 3.8) is 0 Å². The summed E-state index contributed by atoms with van der Waals surface area (Å²) in [6.45, 7) is 1.95. The molecule has 1 aromatic carbocycles. The molecule has 1 fully saturated rings. The molecule has 2 heterocycles. The zero-order valence-electron chi connectivity index (χ0n) is 10.8. The first-order valence-electron chi connectivity index (χ1n) is 6.38. The summed E-state index contributed by atoms with van der Waals surface area (Å²) in [6, 6.07) is 6.23. The summed E-state index contributed by atoms with van der Waals surface area (Å²) < 4.78 is 25.0. The van der Waals surface area contributed by atoms with Crippen LogP contribution in [0.25, 0.3) is 0 Å². The standard InChI is InChI=1S/C14H14FN3O2/c15-12-2-1-10(20-14-3-4-17-9-18-14)7-11(12)13-8-16-5-6-19-13/h1-4,7,9,13,16H,5-6,8H2. The minimum absolute atomic E-state index is 0.294. The van der Waals surface area contributed by atoms with E-state index >= 15 is 0 Å². The van der Waals surface area contributed by atoms with Gasteiger partial charge in [0.2, 0.25) is 5.88 Å². The highest BCUT2D eigenvalue weighted by atomic mass is 19.1. The molecular weight excluding hydrogens is 261 g/mol. The summed E-state index contributed by atoms with van der Waals surface area (Å²) in [5.41, 5.74) is 0.490. The first kappa shape index (κ1) is 13.0. The fourth-order valence-corrected chi connectivity index (χ4v) is 2.06. The fourth-order valence-electron chi connectivity index (χ4n) is 2.06. The van der Waals surface area contributed by atoms with Crippen LogP contribution in [-0.2, 0) is 4.74 Å². The van der Waals surface area contributed by atoms with Gasteiger partial charge >= 0.3 is 0 Å². The number of benzene rings is 1. The quantitative estimate of drug-likeness (QED) is 0.929. The number of ether oxygens (including phenoxy) is 2. The van der Waals surface area contributed by atoms with Crippen LogP contribution in [0.4, 0.5) is 4.39 Å². The molecule has 6 heteroatoms. The fraction of sp³-hybridized carbons (Fsp3) is 0.286. The molecule has 104 valence electrons. The number of aromatic nitrogens is 2. The van der Waals surface area contributed by atoms with E-state index in [2.05, 4.69) is 15.3 Å². The lowest BCUT2D eigenvalue weighted by Gasteiger charge is -2.24. The van der Waals surface area contributed by atoms with E-state index in [1.54, 1.807) is 24.4 Å². The third kappa shape index (κ3) is 2.92. The van der Waals surface area contributed by atoms with Crippen molar-refractivity contribution >= 4 is 0 Å². The Morgan fingerprint density at radius 2 is 2.30 bits per heavy atom. The zero-order valence-corrected chi connectivity index (χ0v) is 10.8. The van der Waals surface area contributed by atoms with E-state index in [4.69, 9.17) is 9.47 Å². The molecule has 20 heavy (non-hydrogen) atoms. The van der Waals surface area contributed by atoms with Gasteiger partial charge in [0.05, 0.1) is 12.7 Å². The minimum Gasteiger partial charge on any atom is -0.439 e. The molecule has 1 saturated heterocycles. The van der Waals surface area contributed by atoms with Crippen LogP contribution in [0.1, 0.15) is 11.7 Å². The number of hydrogen-bond acceptors (Lipinski definition) is 5. The van der Waals surface area contributed by atoms with Crippen LogP contribution >= 0.6 is 0 Å². The molecular formula is C14H14FN3O2. The predicted octanol–water partition coefficient (Wildman–Crippen LogP) is 2.07. The highest BCUT2D eigenvalue weighted by molar-refractivity contribution is 5.34. The van der Waals surface area contributed by atoms with E-state index in [1.807, 2.05) is 0 Å². The van der Waals surface area contributed by atoms with Gasteiger partial charge in [0.1, 0.15) is 17.9 Å². The maximum Gasteiger partial charge on any atom is 0.222 e. The molecule has 5 nitrogen and oxygen atoms in total. The number of morpholine rings is 1. The summed E-state index contributed by atoms with van der Waals surface area (Å²) in [6.07, 6.45) is 2.69. The molecule has 0 amide bonds. The van der Waals surface area contributed by atoms with Crippen molar-refractivity contribution in [2.75, 3.05) is 19.7 Å². The van der Waals surface area contributed by atoms with Crippen molar-refractivity contribution in [2.45, 2.75) is 6.10 Å². The number of rotatable bonds is 3. The van der Waals surface area contributed by atoms with Gasteiger partial charge in [-0.25, -0.2) is 14.4 Å². The van der Waals surface area contributed by atoms with Gasteiger partial charge in [-0.1, -0.05) is 0 Å². The Morgan fingerprint density at radius 3 is 3.05 bits per heavy atom. The summed E-state index contributed by atoms with van der Waals surface area (Å²) >= 11 is 0. The molecule has 3 rings (SSSR count). The van der Waals surface area contributed by atoms with Gasteiger partial charge in [-0.3, -0.25) is 0 Å². The molecule has 2 aromatic rings. The average Bonchev–Trinajstić information content (AvgIpc) is 2.51. The smallest absolute Gasteiger partial charge is 0.222 e. The third-order valence-electron chi connectivity index (χ3n) is 3.02. The van der Waals surface area contributed by atoms with Gasteiger partial charge < -0.3 is 14.8 Å². The minimum atomic E-state index is -0.297. The first-order valence-corrected chi connectivity index (χ1v) is 6.38. The SMILES string of the molecule is Fc1ccc(Oc2ccncn2)cc1C1CNCCO1. The Labute approximate surface area is 115 Å². The second-order valence-corrected chi connectivity index (χ2v) is 4.40. The van der Waals surface area contributed by atoms with Crippen LogP contribution < -0.4 is 10.1 Å². The van der Waals surface area contributed by atoms with Gasteiger partial charge in [0.15, 0.2) is 0 Å². The summed E-state index contributed by atoms with van der Waals surface area (Å²) in [4.78, 5) is 7.78. The molecule has 1 aliphatic heterocycles. The Hall–Kier alpha value is -2.05. The summed E-state index contributed by atoms with van der Waals surface area (Å²) in [5, 5.41) is 3.18. The highest BCUT2D eigenvalue weighted by Gasteiger charge is 2.20. The summed E-state index contributed by atoms with van der Waals surface area (Å²) in [7, 11) is 0. The molecule has 0 bridgehead atoms. The molecule has 1 atom stereocenters. The predicted molar refractivity (Wildman–Crippen MR) is 70.1 cm³/mol. The molecule has 0 radical (unpaired) electrons. The number of nitrogens with one attached hydrogen (secondary N) is 1. The number of hydrogen-bond donors (Lipinski definition) is 1. The lowest BCUT2D eigenvalue weighted by atomic mass is 10.1. The topological polar surface area (TPSA) is 56.3 Å². The van der Waals surface area contributed by atoms with Gasteiger partial charge in [-0.05, 0) is 18.2 Å². The van der Waals surface area contributed by atoms with E-state index in [0.717, 1.165) is 6.54 Å². The van der Waals surface area contributed by atoms with E-state index in [-0.39, 0.29) is 11.9 Å². The highest BCUT2D eigenvalue weighted by Crippen LogP contribution is 2.28. The van der Waals surface area contributed by atoms with Gasteiger partial charge in [0, 0.05) is 30.9 Å². The van der Waals surface area contributed by atoms with Crippen LogP contribution in [0.15, 0.2) is 36.8 Å². The average molecular weight is 275 g/mol. The summed E-state index contributed by atoms with van der Waals surface area (Å²) in [5.74, 6) is 0.642. The lowest BCUT2D eigenvalue weighted by molar-refractivity contribution is 0.0254. The van der Waals surface area contributed by atoms with Gasteiger partial charge in [0.25, 0.3) is 0 Å². The molecule has 0 saturated carbocycles. The molecule has 1 aliphatic rings. The normalized spacial score (nSPS) is 18.8. The van der Waals surface area contributed by atoms with E-state index in [1.165, 1.54) is 12.4 Å². The van der Waals surface area contributed by atoms with Crippen LogP contribution in [0.5, 0.6) is 11.6 Å². The Balaban J connectivity index is 1.82. The third-order valence-corrected chi connectivity index (χ3v) is 3.02. The van der Waals surface area contributed by atoms with E-state index in [9.17, 15) is 4.39 Å². The van der Waals surface area contributed by atoms with Crippen LogP contribution in [0.2, 0.25) is 0 Å². The van der Waals surface area contributed by atoms with Crippen molar-refractivity contribution in [3.05, 3.63) is 48.2 Å². The number of nitrogens with zero attached hydrogens (tertiary/aromatic N) is 2. The van der Waals surface area contributed by atoms with Crippen LogP contribution in [0.3, 0.4) is 0 Å². The Bertz CT molecular complexity index is 574. The second-order valence-electron chi connectivity index (χ2n) is 4.40. The Kier molecular flexibility index (Phi) is 3.85. The first-order chi connectivity index (χ1) is 9.83. The number of halogens is 1. The molecule has 1 unspecified atom stereocenters. The molecule has 1 N–H and O–H groups in total. The van der Waals surface area contributed by atoms with E-state index in [0.29, 0.717) is 30.3 Å².